The minimum atomic E-state index is -1.18. The number of carbonyl (C=O) groups excluding carboxylic acids is 2. The van der Waals surface area contributed by atoms with E-state index in [-0.39, 0.29) is 17.4 Å². The number of rotatable bonds is 9. The molecule has 0 saturated carbocycles. The van der Waals surface area contributed by atoms with Crippen LogP contribution in [-0.2, 0) is 16.0 Å². The predicted molar refractivity (Wildman–Crippen MR) is 117 cm³/mol. The number of nitrogens with one attached hydrogen (secondary N) is 2. The van der Waals surface area contributed by atoms with Crippen LogP contribution in [0, 0.1) is 0 Å². The van der Waals surface area contributed by atoms with Crippen molar-refractivity contribution < 1.29 is 24.6 Å². The number of pyridine rings is 1. The molecule has 2 aromatic rings. The standard InChI is InChI=1S/C22H23N3O5S/c26-16-7-5-14(6-8-16)11-19(22(29)30)25-21(28)18(12-17-4-2-10-31-17)24-20(27)15-3-1-9-23-13-15/h1-3,5-10,13,17-19,26H,4,11-12H2,(H,24,27)(H,25,28)(H,29,30)/t17?,18-,19-/m0/s1. The van der Waals surface area contributed by atoms with Crippen LogP contribution in [0.25, 0.3) is 0 Å². The minimum absolute atomic E-state index is 0.0460. The number of nitrogens with zero attached hydrogens (tertiary/aromatic N) is 1. The number of aromatic nitrogens is 1. The Bertz CT molecular complexity index is 941. The molecule has 31 heavy (non-hydrogen) atoms. The van der Waals surface area contributed by atoms with Gasteiger partial charge in [0.1, 0.15) is 17.8 Å². The number of aromatic hydroxyl groups is 1. The summed E-state index contributed by atoms with van der Waals surface area (Å²) in [4.78, 5) is 41.2. The van der Waals surface area contributed by atoms with E-state index in [4.69, 9.17) is 0 Å². The summed E-state index contributed by atoms with van der Waals surface area (Å²) in [5.74, 6) is -2.12. The van der Waals surface area contributed by atoms with Crippen LogP contribution in [0.3, 0.4) is 0 Å². The minimum Gasteiger partial charge on any atom is -0.508 e. The average molecular weight is 442 g/mol. The van der Waals surface area contributed by atoms with E-state index in [9.17, 15) is 24.6 Å². The summed E-state index contributed by atoms with van der Waals surface area (Å²) < 4.78 is 0. The molecule has 0 aliphatic carbocycles. The van der Waals surface area contributed by atoms with Gasteiger partial charge >= 0.3 is 5.97 Å². The maximum atomic E-state index is 13.0. The number of phenolic OH excluding ortho intramolecular Hbond substituents is 1. The molecule has 162 valence electrons. The molecule has 0 spiro atoms. The first-order valence-electron chi connectivity index (χ1n) is 9.75. The third-order valence-electron chi connectivity index (χ3n) is 4.80. The zero-order chi connectivity index (χ0) is 22.2. The Balaban J connectivity index is 1.71. The third kappa shape index (κ3) is 6.58. The van der Waals surface area contributed by atoms with E-state index >= 15 is 0 Å². The number of hydrogen-bond acceptors (Lipinski definition) is 6. The second kappa shape index (κ2) is 10.6. The Morgan fingerprint density at radius 1 is 1.13 bits per heavy atom. The Morgan fingerprint density at radius 3 is 2.52 bits per heavy atom. The van der Waals surface area contributed by atoms with E-state index in [0.717, 1.165) is 6.42 Å². The van der Waals surface area contributed by atoms with Crippen molar-refractivity contribution in [2.45, 2.75) is 36.6 Å². The molecular formula is C22H23N3O5S. The van der Waals surface area contributed by atoms with Gasteiger partial charge in [0.15, 0.2) is 0 Å². The fourth-order valence-corrected chi connectivity index (χ4v) is 4.12. The summed E-state index contributed by atoms with van der Waals surface area (Å²) in [6.07, 6.45) is 6.13. The van der Waals surface area contributed by atoms with E-state index in [1.165, 1.54) is 18.3 Å². The number of carboxylic acids is 1. The summed E-state index contributed by atoms with van der Waals surface area (Å²) in [5, 5.41) is 26.3. The highest BCUT2D eigenvalue weighted by Gasteiger charge is 2.29. The van der Waals surface area contributed by atoms with Crippen molar-refractivity contribution in [2.24, 2.45) is 0 Å². The van der Waals surface area contributed by atoms with Crippen molar-refractivity contribution in [3.05, 3.63) is 71.4 Å². The zero-order valence-corrected chi connectivity index (χ0v) is 17.4. The molecule has 2 amide bonds. The lowest BCUT2D eigenvalue weighted by atomic mass is 10.0. The number of allylic oxidation sites excluding steroid dienone is 1. The van der Waals surface area contributed by atoms with Gasteiger partial charge in [0.05, 0.1) is 5.56 Å². The molecule has 3 atom stereocenters. The Morgan fingerprint density at radius 2 is 1.90 bits per heavy atom. The number of benzene rings is 1. The van der Waals surface area contributed by atoms with Gasteiger partial charge in [-0.05, 0) is 48.1 Å². The number of carboxylic acid groups (broad SMARTS) is 1. The van der Waals surface area contributed by atoms with Gasteiger partial charge in [0.2, 0.25) is 5.91 Å². The summed E-state index contributed by atoms with van der Waals surface area (Å²) in [6, 6.07) is 7.25. The lowest BCUT2D eigenvalue weighted by molar-refractivity contribution is -0.142. The number of hydrogen-bond donors (Lipinski definition) is 4. The average Bonchev–Trinajstić information content (AvgIpc) is 3.28. The van der Waals surface area contributed by atoms with Crippen molar-refractivity contribution >= 4 is 29.5 Å². The van der Waals surface area contributed by atoms with E-state index < -0.39 is 29.9 Å². The van der Waals surface area contributed by atoms with Crippen LogP contribution in [0.2, 0.25) is 0 Å². The number of amides is 2. The van der Waals surface area contributed by atoms with Gasteiger partial charge in [-0.3, -0.25) is 14.6 Å². The molecule has 4 N–H and O–H groups in total. The second-order valence-electron chi connectivity index (χ2n) is 7.14. The van der Waals surface area contributed by atoms with Gasteiger partial charge in [-0.2, -0.15) is 0 Å². The Kier molecular flexibility index (Phi) is 7.66. The van der Waals surface area contributed by atoms with E-state index in [0.29, 0.717) is 17.5 Å². The topological polar surface area (TPSA) is 129 Å². The molecule has 3 rings (SSSR count). The van der Waals surface area contributed by atoms with Gasteiger partial charge < -0.3 is 20.8 Å². The summed E-state index contributed by atoms with van der Waals surface area (Å²) >= 11 is 1.58. The normalized spacial score (nSPS) is 17.0. The van der Waals surface area contributed by atoms with Crippen molar-refractivity contribution in [3.8, 4) is 5.75 Å². The van der Waals surface area contributed by atoms with Crippen LogP contribution in [0.1, 0.15) is 28.8 Å². The van der Waals surface area contributed by atoms with Gasteiger partial charge in [-0.15, -0.1) is 11.8 Å². The lowest BCUT2D eigenvalue weighted by Crippen LogP contribution is -2.53. The summed E-state index contributed by atoms with van der Waals surface area (Å²) in [6.45, 7) is 0. The van der Waals surface area contributed by atoms with Crippen LogP contribution in [0.15, 0.2) is 60.3 Å². The van der Waals surface area contributed by atoms with Gasteiger partial charge in [-0.25, -0.2) is 4.79 Å². The molecule has 1 aliphatic rings. The molecule has 9 heteroatoms. The molecule has 0 radical (unpaired) electrons. The number of phenols is 1. The van der Waals surface area contributed by atoms with Crippen LogP contribution in [0.4, 0.5) is 0 Å². The number of aliphatic carboxylic acids is 1. The van der Waals surface area contributed by atoms with Crippen LogP contribution in [0.5, 0.6) is 5.75 Å². The maximum absolute atomic E-state index is 13.0. The second-order valence-corrected chi connectivity index (χ2v) is 8.35. The third-order valence-corrected chi connectivity index (χ3v) is 5.92. The molecule has 1 aromatic carbocycles. The maximum Gasteiger partial charge on any atom is 0.326 e. The van der Waals surface area contributed by atoms with Crippen molar-refractivity contribution in [1.82, 2.24) is 15.6 Å². The van der Waals surface area contributed by atoms with Crippen LogP contribution < -0.4 is 10.6 Å². The first kappa shape index (κ1) is 22.4. The molecule has 2 heterocycles. The molecule has 1 unspecified atom stereocenters. The number of thioether (sulfide) groups is 1. The van der Waals surface area contributed by atoms with E-state index in [1.54, 1.807) is 42.2 Å². The van der Waals surface area contributed by atoms with Crippen LogP contribution in [-0.4, -0.2) is 50.3 Å². The SMILES string of the molecule is O=C(N[C@@H](CC1CC=CS1)C(=O)N[C@@H](Cc1ccc(O)cc1)C(=O)O)c1cccnc1. The largest absolute Gasteiger partial charge is 0.508 e. The summed E-state index contributed by atoms with van der Waals surface area (Å²) in [5.41, 5.74) is 0.966. The Hall–Kier alpha value is -3.33. The van der Waals surface area contributed by atoms with E-state index in [1.807, 2.05) is 11.5 Å². The monoisotopic (exact) mass is 441 g/mol. The summed E-state index contributed by atoms with van der Waals surface area (Å²) in [7, 11) is 0. The van der Waals surface area contributed by atoms with Crippen molar-refractivity contribution in [1.29, 1.82) is 0 Å². The zero-order valence-electron chi connectivity index (χ0n) is 16.6. The molecule has 0 fully saturated rings. The van der Waals surface area contributed by atoms with Crippen LogP contribution >= 0.6 is 11.8 Å². The lowest BCUT2D eigenvalue weighted by Gasteiger charge is -2.23. The van der Waals surface area contributed by atoms with Gasteiger partial charge in [0, 0.05) is 24.1 Å². The first-order chi connectivity index (χ1) is 14.9. The van der Waals surface area contributed by atoms with E-state index in [2.05, 4.69) is 15.6 Å². The predicted octanol–water partition coefficient (Wildman–Crippen LogP) is 2.11. The first-order valence-corrected chi connectivity index (χ1v) is 10.7. The molecule has 1 aromatic heterocycles. The van der Waals surface area contributed by atoms with Gasteiger partial charge in [0.25, 0.3) is 5.91 Å². The molecule has 0 saturated heterocycles. The van der Waals surface area contributed by atoms with Crippen molar-refractivity contribution in [3.63, 3.8) is 0 Å². The fraction of sp³-hybridized carbons (Fsp3) is 0.273. The smallest absolute Gasteiger partial charge is 0.326 e. The Labute approximate surface area is 183 Å². The molecule has 1 aliphatic heterocycles. The molecule has 8 nitrogen and oxygen atoms in total. The number of carbonyl (C=O) groups is 3. The highest BCUT2D eigenvalue weighted by atomic mass is 32.2. The molecule has 0 bridgehead atoms. The quantitative estimate of drug-likeness (QED) is 0.469. The van der Waals surface area contributed by atoms with Crippen molar-refractivity contribution in [2.75, 3.05) is 0 Å². The highest BCUT2D eigenvalue weighted by molar-refractivity contribution is 8.03. The van der Waals surface area contributed by atoms with Gasteiger partial charge in [-0.1, -0.05) is 18.2 Å². The fourth-order valence-electron chi connectivity index (χ4n) is 3.15. The highest BCUT2D eigenvalue weighted by Crippen LogP contribution is 2.28. The molecular weight excluding hydrogens is 418 g/mol.